The van der Waals surface area contributed by atoms with Crippen LogP contribution in [0.25, 0.3) is 22.3 Å². The van der Waals surface area contributed by atoms with Crippen LogP contribution in [-0.2, 0) is 12.8 Å². The molecule has 0 N–H and O–H groups in total. The number of hydrogen-bond acceptors (Lipinski definition) is 0. The van der Waals surface area contributed by atoms with Gasteiger partial charge in [0.1, 0.15) is 5.82 Å². The first kappa shape index (κ1) is 18.3. The first-order valence-corrected chi connectivity index (χ1v) is 10.2. The Morgan fingerprint density at radius 2 is 1.52 bits per heavy atom. The highest BCUT2D eigenvalue weighted by atomic mass is 35.5. The van der Waals surface area contributed by atoms with Crippen molar-refractivity contribution in [3.63, 3.8) is 0 Å². The van der Waals surface area contributed by atoms with Gasteiger partial charge < -0.3 is 0 Å². The fourth-order valence-electron chi connectivity index (χ4n) is 4.03. The summed E-state index contributed by atoms with van der Waals surface area (Å²) in [6, 6.07) is 18.4. The quantitative estimate of drug-likeness (QED) is 0.300. The minimum atomic E-state index is -0.370. The lowest BCUT2D eigenvalue weighted by molar-refractivity contribution is 0.629. The van der Waals surface area contributed by atoms with E-state index >= 15 is 0 Å². The molecule has 0 spiro atoms. The summed E-state index contributed by atoms with van der Waals surface area (Å²) in [6.07, 6.45) is 7.31. The molecule has 0 aliphatic heterocycles. The van der Waals surface area contributed by atoms with Crippen LogP contribution in [0, 0.1) is 5.82 Å². The van der Waals surface area contributed by atoms with Gasteiger partial charge in [-0.05, 0) is 70.3 Å². The third-order valence-electron chi connectivity index (χ3n) is 5.52. The maximum absolute atomic E-state index is 13.8. The van der Waals surface area contributed by atoms with Crippen molar-refractivity contribution in [2.24, 2.45) is 0 Å². The van der Waals surface area contributed by atoms with Gasteiger partial charge in [-0.3, -0.25) is 0 Å². The molecule has 0 aromatic heterocycles. The maximum Gasteiger partial charge on any atom is 0.142 e. The van der Waals surface area contributed by atoms with Crippen LogP contribution in [0.5, 0.6) is 0 Å². The number of aryl methyl sites for hydroxylation is 1. The van der Waals surface area contributed by atoms with Crippen molar-refractivity contribution in [1.82, 2.24) is 0 Å². The molecule has 138 valence electrons. The number of unbranched alkanes of at least 4 members (excludes halogenated alkanes) is 3. The molecule has 0 saturated carbocycles. The summed E-state index contributed by atoms with van der Waals surface area (Å²) in [4.78, 5) is 0. The Balaban J connectivity index is 1.56. The van der Waals surface area contributed by atoms with E-state index in [1.165, 1.54) is 66.0 Å². The molecule has 0 fully saturated rings. The van der Waals surface area contributed by atoms with Crippen molar-refractivity contribution in [3.8, 4) is 22.3 Å². The molecular formula is C25H24ClF. The lowest BCUT2D eigenvalue weighted by Crippen LogP contribution is -1.89. The molecule has 0 radical (unpaired) electrons. The van der Waals surface area contributed by atoms with E-state index < -0.39 is 0 Å². The largest absolute Gasteiger partial charge is 0.205 e. The molecular weight excluding hydrogens is 355 g/mol. The summed E-state index contributed by atoms with van der Waals surface area (Å²) in [5.74, 6) is -0.370. The van der Waals surface area contributed by atoms with Gasteiger partial charge in [0.05, 0.1) is 5.02 Å². The number of rotatable bonds is 6. The van der Waals surface area contributed by atoms with Crippen LogP contribution in [0.2, 0.25) is 5.02 Å². The van der Waals surface area contributed by atoms with E-state index in [2.05, 4.69) is 43.3 Å². The van der Waals surface area contributed by atoms with Crippen molar-refractivity contribution in [1.29, 1.82) is 0 Å². The van der Waals surface area contributed by atoms with Crippen molar-refractivity contribution < 1.29 is 4.39 Å². The van der Waals surface area contributed by atoms with Gasteiger partial charge in [-0.15, -0.1) is 0 Å². The minimum Gasteiger partial charge on any atom is -0.205 e. The number of benzene rings is 3. The molecule has 1 aliphatic carbocycles. The molecule has 0 nitrogen and oxygen atoms in total. The summed E-state index contributed by atoms with van der Waals surface area (Å²) < 4.78 is 13.8. The van der Waals surface area contributed by atoms with E-state index in [1.807, 2.05) is 6.07 Å². The van der Waals surface area contributed by atoms with E-state index in [-0.39, 0.29) is 10.8 Å². The fraction of sp³-hybridized carbons (Fsp3) is 0.280. The van der Waals surface area contributed by atoms with E-state index in [4.69, 9.17) is 11.6 Å². The lowest BCUT2D eigenvalue weighted by atomic mass is 9.98. The number of fused-ring (bicyclic) bond motifs is 3. The Bertz CT molecular complexity index is 974. The van der Waals surface area contributed by atoms with Crippen LogP contribution in [-0.4, -0.2) is 0 Å². The molecule has 0 amide bonds. The van der Waals surface area contributed by atoms with Gasteiger partial charge >= 0.3 is 0 Å². The second-order valence-electron chi connectivity index (χ2n) is 7.48. The molecule has 0 saturated heterocycles. The van der Waals surface area contributed by atoms with Crippen molar-refractivity contribution in [3.05, 3.63) is 82.1 Å². The molecule has 3 aromatic rings. The topological polar surface area (TPSA) is 0 Å². The van der Waals surface area contributed by atoms with Gasteiger partial charge in [0.2, 0.25) is 0 Å². The Hall–Kier alpha value is -2.12. The van der Waals surface area contributed by atoms with E-state index in [0.29, 0.717) is 0 Å². The predicted octanol–water partition coefficient (Wildman–Crippen LogP) is 7.84. The fourth-order valence-corrected chi connectivity index (χ4v) is 4.15. The summed E-state index contributed by atoms with van der Waals surface area (Å²) >= 11 is 5.82. The smallest absolute Gasteiger partial charge is 0.142 e. The molecule has 1 aliphatic rings. The van der Waals surface area contributed by atoms with E-state index in [9.17, 15) is 4.39 Å². The van der Waals surface area contributed by atoms with Gasteiger partial charge in [-0.25, -0.2) is 4.39 Å². The van der Waals surface area contributed by atoms with Crippen LogP contribution in [0.15, 0.2) is 54.6 Å². The van der Waals surface area contributed by atoms with Crippen molar-refractivity contribution in [2.45, 2.75) is 45.4 Å². The third kappa shape index (κ3) is 3.80. The molecule has 0 heterocycles. The van der Waals surface area contributed by atoms with Gasteiger partial charge in [-0.2, -0.15) is 0 Å². The lowest BCUT2D eigenvalue weighted by Gasteiger charge is -2.07. The van der Waals surface area contributed by atoms with Crippen LogP contribution >= 0.6 is 11.6 Å². The number of halogens is 2. The predicted molar refractivity (Wildman–Crippen MR) is 113 cm³/mol. The standard InChI is InChI=1S/C25H24ClF/c1-2-3-4-5-6-17-7-10-22-20(13-17)15-21-14-18(8-11-23(21)22)19-9-12-24(26)25(27)16-19/h7-14,16H,2-6,15H2,1H3. The monoisotopic (exact) mass is 378 g/mol. The second-order valence-corrected chi connectivity index (χ2v) is 7.89. The summed E-state index contributed by atoms with van der Waals surface area (Å²) in [5, 5.41) is 0.166. The summed E-state index contributed by atoms with van der Waals surface area (Å²) in [7, 11) is 0. The molecule has 3 aromatic carbocycles. The Morgan fingerprint density at radius 3 is 2.30 bits per heavy atom. The van der Waals surface area contributed by atoms with Crippen LogP contribution in [0.3, 0.4) is 0 Å². The van der Waals surface area contributed by atoms with E-state index in [0.717, 1.165) is 17.5 Å². The number of hydrogen-bond donors (Lipinski definition) is 0. The summed E-state index contributed by atoms with van der Waals surface area (Å²) in [6.45, 7) is 2.25. The SMILES string of the molecule is CCCCCCc1ccc2c(c1)Cc1cc(-c3ccc(Cl)c(F)c3)ccc1-2. The van der Waals surface area contributed by atoms with Gasteiger partial charge in [0.25, 0.3) is 0 Å². The maximum atomic E-state index is 13.8. The Kier molecular flexibility index (Phi) is 5.31. The zero-order chi connectivity index (χ0) is 18.8. The highest BCUT2D eigenvalue weighted by Gasteiger charge is 2.19. The molecule has 0 atom stereocenters. The molecule has 4 rings (SSSR count). The van der Waals surface area contributed by atoms with Gasteiger partial charge in [0, 0.05) is 0 Å². The Labute approximate surface area is 166 Å². The highest BCUT2D eigenvalue weighted by Crippen LogP contribution is 2.39. The average molecular weight is 379 g/mol. The van der Waals surface area contributed by atoms with Crippen LogP contribution in [0.4, 0.5) is 4.39 Å². The van der Waals surface area contributed by atoms with Crippen LogP contribution in [0.1, 0.15) is 49.3 Å². The van der Waals surface area contributed by atoms with Crippen molar-refractivity contribution >= 4 is 11.6 Å². The second kappa shape index (κ2) is 7.86. The average Bonchev–Trinajstić information content (AvgIpc) is 3.04. The summed E-state index contributed by atoms with van der Waals surface area (Å²) in [5.41, 5.74) is 8.73. The Morgan fingerprint density at radius 1 is 0.815 bits per heavy atom. The van der Waals surface area contributed by atoms with Gasteiger partial charge in [0.15, 0.2) is 0 Å². The third-order valence-corrected chi connectivity index (χ3v) is 5.82. The molecule has 2 heteroatoms. The molecule has 27 heavy (non-hydrogen) atoms. The van der Waals surface area contributed by atoms with E-state index in [1.54, 1.807) is 6.07 Å². The van der Waals surface area contributed by atoms with Gasteiger partial charge in [-0.1, -0.05) is 80.3 Å². The first-order chi connectivity index (χ1) is 13.2. The molecule has 0 unspecified atom stereocenters. The highest BCUT2D eigenvalue weighted by molar-refractivity contribution is 6.30. The zero-order valence-electron chi connectivity index (χ0n) is 15.7. The van der Waals surface area contributed by atoms with Crippen LogP contribution < -0.4 is 0 Å². The molecule has 0 bridgehead atoms. The first-order valence-electron chi connectivity index (χ1n) is 9.86. The van der Waals surface area contributed by atoms with Crippen molar-refractivity contribution in [2.75, 3.05) is 0 Å². The minimum absolute atomic E-state index is 0.166. The zero-order valence-corrected chi connectivity index (χ0v) is 16.5. The normalized spacial score (nSPS) is 12.1.